The zero-order valence-electron chi connectivity index (χ0n) is 15.6. The normalized spacial score (nSPS) is 13.3. The molecule has 2 aromatic carbocycles. The number of thioether (sulfide) groups is 1. The summed E-state index contributed by atoms with van der Waals surface area (Å²) in [7, 11) is 0. The summed E-state index contributed by atoms with van der Waals surface area (Å²) in [4.78, 5) is 17.1. The quantitative estimate of drug-likeness (QED) is 0.654. The van der Waals surface area contributed by atoms with E-state index in [2.05, 4.69) is 16.0 Å². The lowest BCUT2D eigenvalue weighted by atomic mass is 9.90. The molecule has 0 radical (unpaired) electrons. The highest BCUT2D eigenvalue weighted by molar-refractivity contribution is 7.99. The van der Waals surface area contributed by atoms with Crippen molar-refractivity contribution < 1.29 is 4.79 Å². The highest BCUT2D eigenvalue weighted by atomic mass is 32.2. The first-order valence-electron chi connectivity index (χ1n) is 8.82. The van der Waals surface area contributed by atoms with Gasteiger partial charge in [-0.25, -0.2) is 4.98 Å². The first-order valence-corrected chi connectivity index (χ1v) is 9.81. The maximum absolute atomic E-state index is 12.4. The Morgan fingerprint density at radius 3 is 2.56 bits per heavy atom. The molecule has 1 aromatic heterocycles. The molecular weight excluding hydrogens is 356 g/mol. The fourth-order valence-corrected chi connectivity index (χ4v) is 3.51. The van der Waals surface area contributed by atoms with Crippen LogP contribution in [-0.2, 0) is 4.79 Å². The number of aromatic nitrogens is 2. The number of hydrogen-bond acceptors (Lipinski definition) is 4. The number of para-hydroxylation sites is 3. The molecule has 0 unspecified atom stereocenters. The maximum atomic E-state index is 12.4. The van der Waals surface area contributed by atoms with E-state index in [1.807, 2.05) is 68.4 Å². The molecule has 0 aliphatic rings. The van der Waals surface area contributed by atoms with Crippen molar-refractivity contribution in [3.05, 3.63) is 54.6 Å². The van der Waals surface area contributed by atoms with Crippen molar-refractivity contribution in [2.45, 2.75) is 31.5 Å². The first-order chi connectivity index (χ1) is 12.9. The van der Waals surface area contributed by atoms with Crippen LogP contribution in [0.25, 0.3) is 16.7 Å². The Hall–Kier alpha value is -2.78. The smallest absolute Gasteiger partial charge is 0.231 e. The number of carbonyl (C=O) groups is 1. The number of nitriles is 1. The summed E-state index contributed by atoms with van der Waals surface area (Å²) in [6.07, 6.45) is 0. The SMILES string of the molecule is CC(C)[C@@](C)(C#N)NC(=O)CSc1nc2ccccc2n1-c1ccccc1. The number of imidazole rings is 1. The van der Waals surface area contributed by atoms with Crippen LogP contribution in [0, 0.1) is 17.2 Å². The van der Waals surface area contributed by atoms with Gasteiger partial charge in [0.1, 0.15) is 5.54 Å². The Kier molecular flexibility index (Phi) is 5.52. The fourth-order valence-electron chi connectivity index (χ4n) is 2.68. The second-order valence-corrected chi connectivity index (χ2v) is 7.80. The van der Waals surface area contributed by atoms with Crippen LogP contribution in [0.1, 0.15) is 20.8 Å². The zero-order chi connectivity index (χ0) is 19.4. The van der Waals surface area contributed by atoms with E-state index in [4.69, 9.17) is 4.98 Å². The van der Waals surface area contributed by atoms with Gasteiger partial charge in [0.2, 0.25) is 5.91 Å². The summed E-state index contributed by atoms with van der Waals surface area (Å²) in [5.41, 5.74) is 2.00. The van der Waals surface area contributed by atoms with E-state index < -0.39 is 5.54 Å². The number of hydrogen-bond donors (Lipinski definition) is 1. The summed E-state index contributed by atoms with van der Waals surface area (Å²) in [5.74, 6) is 0.0370. The Balaban J connectivity index is 1.86. The molecule has 138 valence electrons. The molecule has 0 fully saturated rings. The van der Waals surface area contributed by atoms with E-state index in [1.54, 1.807) is 6.92 Å². The van der Waals surface area contributed by atoms with Gasteiger partial charge in [-0.05, 0) is 37.1 Å². The van der Waals surface area contributed by atoms with E-state index in [1.165, 1.54) is 11.8 Å². The van der Waals surface area contributed by atoms with Crippen molar-refractivity contribution in [2.75, 3.05) is 5.75 Å². The van der Waals surface area contributed by atoms with Crippen LogP contribution >= 0.6 is 11.8 Å². The molecule has 27 heavy (non-hydrogen) atoms. The minimum atomic E-state index is -0.878. The third kappa shape index (κ3) is 3.99. The second kappa shape index (κ2) is 7.85. The van der Waals surface area contributed by atoms with Gasteiger partial charge >= 0.3 is 0 Å². The van der Waals surface area contributed by atoms with Crippen LogP contribution in [0.15, 0.2) is 59.8 Å². The van der Waals surface area contributed by atoms with Gasteiger partial charge in [0.15, 0.2) is 5.16 Å². The Bertz CT molecular complexity index is 990. The molecule has 3 aromatic rings. The van der Waals surface area contributed by atoms with Crippen LogP contribution in [0.5, 0.6) is 0 Å². The van der Waals surface area contributed by atoms with Gasteiger partial charge in [-0.15, -0.1) is 0 Å². The topological polar surface area (TPSA) is 70.7 Å². The molecule has 1 heterocycles. The third-order valence-corrected chi connectivity index (χ3v) is 5.60. The average molecular weight is 379 g/mol. The summed E-state index contributed by atoms with van der Waals surface area (Å²) in [5, 5.41) is 13.0. The highest BCUT2D eigenvalue weighted by Gasteiger charge is 2.30. The molecule has 0 bridgehead atoms. The molecule has 5 nitrogen and oxygen atoms in total. The molecule has 1 atom stereocenters. The number of nitrogens with one attached hydrogen (secondary N) is 1. The van der Waals surface area contributed by atoms with Crippen LogP contribution in [0.4, 0.5) is 0 Å². The number of amides is 1. The Labute approximate surface area is 163 Å². The van der Waals surface area contributed by atoms with E-state index in [-0.39, 0.29) is 17.6 Å². The van der Waals surface area contributed by atoms with Gasteiger partial charge < -0.3 is 5.32 Å². The predicted molar refractivity (Wildman–Crippen MR) is 109 cm³/mol. The molecule has 0 aliphatic heterocycles. The number of rotatable bonds is 6. The van der Waals surface area contributed by atoms with Gasteiger partial charge in [0.05, 0.1) is 22.9 Å². The predicted octanol–water partition coefficient (Wildman–Crippen LogP) is 4.17. The molecule has 1 amide bonds. The Morgan fingerprint density at radius 1 is 1.22 bits per heavy atom. The lowest BCUT2D eigenvalue weighted by molar-refractivity contribution is -0.120. The summed E-state index contributed by atoms with van der Waals surface area (Å²) in [6.45, 7) is 5.59. The number of benzene rings is 2. The van der Waals surface area contributed by atoms with E-state index in [9.17, 15) is 10.1 Å². The summed E-state index contributed by atoms with van der Waals surface area (Å²) < 4.78 is 2.05. The summed E-state index contributed by atoms with van der Waals surface area (Å²) >= 11 is 1.37. The minimum Gasteiger partial charge on any atom is -0.337 e. The van der Waals surface area contributed by atoms with Crippen LogP contribution in [0.2, 0.25) is 0 Å². The molecule has 0 saturated heterocycles. The van der Waals surface area contributed by atoms with Crippen molar-refractivity contribution in [3.8, 4) is 11.8 Å². The van der Waals surface area contributed by atoms with E-state index in [0.29, 0.717) is 0 Å². The lowest BCUT2D eigenvalue weighted by Gasteiger charge is -2.27. The number of fused-ring (bicyclic) bond motifs is 1. The molecule has 0 saturated carbocycles. The van der Waals surface area contributed by atoms with E-state index >= 15 is 0 Å². The van der Waals surface area contributed by atoms with Crippen LogP contribution < -0.4 is 5.32 Å². The molecular formula is C21H22N4OS. The van der Waals surface area contributed by atoms with Crippen molar-refractivity contribution in [3.63, 3.8) is 0 Å². The minimum absolute atomic E-state index is 0.0188. The number of nitrogens with zero attached hydrogens (tertiary/aromatic N) is 3. The lowest BCUT2D eigenvalue weighted by Crippen LogP contribution is -2.49. The standard InChI is InChI=1S/C21H22N4OS/c1-15(2)21(3,14-22)24-19(26)13-27-20-23-17-11-7-8-12-18(17)25(20)16-9-5-4-6-10-16/h4-12,15H,13H2,1-3H3,(H,24,26)/t21-/m1/s1. The van der Waals surface area contributed by atoms with Gasteiger partial charge in [-0.3, -0.25) is 9.36 Å². The molecule has 0 aliphatic carbocycles. The van der Waals surface area contributed by atoms with Crippen molar-refractivity contribution >= 4 is 28.7 Å². The van der Waals surface area contributed by atoms with Crippen molar-refractivity contribution in [1.29, 1.82) is 5.26 Å². The van der Waals surface area contributed by atoms with Gasteiger partial charge in [-0.1, -0.05) is 55.9 Å². The molecule has 6 heteroatoms. The molecule has 0 spiro atoms. The molecule has 1 N–H and O–H groups in total. The van der Waals surface area contributed by atoms with E-state index in [0.717, 1.165) is 21.9 Å². The van der Waals surface area contributed by atoms with Crippen molar-refractivity contribution in [2.24, 2.45) is 5.92 Å². The number of carbonyl (C=O) groups excluding carboxylic acids is 1. The monoisotopic (exact) mass is 378 g/mol. The van der Waals surface area contributed by atoms with Crippen molar-refractivity contribution in [1.82, 2.24) is 14.9 Å². The Morgan fingerprint density at radius 2 is 1.89 bits per heavy atom. The average Bonchev–Trinajstić information content (AvgIpc) is 3.05. The first kappa shape index (κ1) is 19.0. The van der Waals surface area contributed by atoms with Crippen LogP contribution in [0.3, 0.4) is 0 Å². The molecule has 3 rings (SSSR count). The highest BCUT2D eigenvalue weighted by Crippen LogP contribution is 2.28. The van der Waals surface area contributed by atoms with Crippen LogP contribution in [-0.4, -0.2) is 26.8 Å². The zero-order valence-corrected chi connectivity index (χ0v) is 16.5. The maximum Gasteiger partial charge on any atom is 0.231 e. The van der Waals surface area contributed by atoms with Gasteiger partial charge in [0, 0.05) is 5.69 Å². The van der Waals surface area contributed by atoms with Gasteiger partial charge in [0.25, 0.3) is 0 Å². The second-order valence-electron chi connectivity index (χ2n) is 6.86. The summed E-state index contributed by atoms with van der Waals surface area (Å²) in [6, 6.07) is 20.1. The third-order valence-electron chi connectivity index (χ3n) is 4.66. The fraction of sp³-hybridized carbons (Fsp3) is 0.286. The van der Waals surface area contributed by atoms with Gasteiger partial charge in [-0.2, -0.15) is 5.26 Å². The largest absolute Gasteiger partial charge is 0.337 e.